The Balaban J connectivity index is 1.45. The molecule has 0 aromatic carbocycles. The van der Waals surface area contributed by atoms with Crippen molar-refractivity contribution in [2.45, 2.75) is 132 Å². The summed E-state index contributed by atoms with van der Waals surface area (Å²) in [6.45, 7) is 6.84. The van der Waals surface area contributed by atoms with Gasteiger partial charge in [-0.05, 0) is 105 Å². The zero-order valence-corrected chi connectivity index (χ0v) is 28.6. The highest BCUT2D eigenvalue weighted by atomic mass is 32.2. The van der Waals surface area contributed by atoms with Gasteiger partial charge in [-0.3, -0.25) is 9.59 Å². The Morgan fingerprint density at radius 3 is 2.28 bits per heavy atom. The van der Waals surface area contributed by atoms with E-state index in [2.05, 4.69) is 10.2 Å². The highest BCUT2D eigenvalue weighted by Crippen LogP contribution is 2.53. The number of piperidine rings is 1. The summed E-state index contributed by atoms with van der Waals surface area (Å²) in [5.41, 5.74) is 4.73. The van der Waals surface area contributed by atoms with E-state index in [-0.39, 0.29) is 37.4 Å². The Morgan fingerprint density at radius 2 is 1.65 bits per heavy atom. The lowest BCUT2D eigenvalue weighted by Crippen LogP contribution is -2.61. The summed E-state index contributed by atoms with van der Waals surface area (Å²) in [5, 5.41) is 2.98. The smallest absolute Gasteiger partial charge is 0.419 e. The van der Waals surface area contributed by atoms with Crippen LogP contribution in [-0.4, -0.2) is 113 Å². The zero-order chi connectivity index (χ0) is 33.4. The third kappa shape index (κ3) is 7.23. The van der Waals surface area contributed by atoms with Crippen molar-refractivity contribution < 1.29 is 32.3 Å². The molecule has 5 amide bonds. The van der Waals surface area contributed by atoms with Gasteiger partial charge in [-0.15, -0.1) is 0 Å². The molecule has 14 heteroatoms. The molecule has 0 aromatic rings. The van der Waals surface area contributed by atoms with E-state index in [0.717, 1.165) is 51.6 Å². The van der Waals surface area contributed by atoms with E-state index < -0.39 is 56.5 Å². The maximum absolute atomic E-state index is 14.7. The lowest BCUT2D eigenvalue weighted by atomic mass is 10.0. The standard InChI is InChI=1S/C32H52N6O7S/c1-31(2,3)45-30(42)37(29(33)41)26-12-9-7-5-6-8-11-22-21-32(22,34-27(39)25-13-10-18-36(25)28(26)40)46(43,44)38(23-14-15-23)24-16-19-35(4)20-17-24/h8,11,22-26H,5-7,9-10,12-21H2,1-4H3,(H2,33,41)(H,34,39)/b11-8-/t22-,25+,26+,32-/m1/s1. The van der Waals surface area contributed by atoms with Crippen LogP contribution in [0.25, 0.3) is 0 Å². The molecule has 0 aromatic heterocycles. The minimum absolute atomic E-state index is 0.0514. The predicted octanol–water partition coefficient (Wildman–Crippen LogP) is 2.90. The monoisotopic (exact) mass is 664 g/mol. The fraction of sp³-hybridized carbons (Fsp3) is 0.812. The van der Waals surface area contributed by atoms with Crippen molar-refractivity contribution >= 4 is 34.0 Å². The number of allylic oxidation sites excluding steroid dienone is 1. The molecule has 3 heterocycles. The first kappa shape index (κ1) is 34.6. The molecule has 5 rings (SSSR count). The maximum Gasteiger partial charge on any atom is 0.419 e. The van der Waals surface area contributed by atoms with Gasteiger partial charge in [0.1, 0.15) is 17.7 Å². The van der Waals surface area contributed by atoms with Gasteiger partial charge >= 0.3 is 12.1 Å². The second-order valence-corrected chi connectivity index (χ2v) is 16.9. The zero-order valence-electron chi connectivity index (χ0n) is 27.8. The molecule has 4 atom stereocenters. The van der Waals surface area contributed by atoms with Gasteiger partial charge in [-0.1, -0.05) is 25.0 Å². The summed E-state index contributed by atoms with van der Waals surface area (Å²) in [7, 11) is -1.91. The summed E-state index contributed by atoms with van der Waals surface area (Å²) in [4.78, 5) is 56.9. The Labute approximate surface area is 273 Å². The first-order chi connectivity index (χ1) is 21.7. The Kier molecular flexibility index (Phi) is 10.1. The quantitative estimate of drug-likeness (QED) is 0.424. The van der Waals surface area contributed by atoms with Crippen molar-refractivity contribution in [3.8, 4) is 0 Å². The molecular formula is C32H52N6O7S. The number of likely N-dealkylation sites (tertiary alicyclic amines) is 1. The molecule has 3 N–H and O–H groups in total. The number of urea groups is 1. The van der Waals surface area contributed by atoms with E-state index in [4.69, 9.17) is 10.5 Å². The van der Waals surface area contributed by atoms with Crippen molar-refractivity contribution in [2.75, 3.05) is 26.7 Å². The molecule has 5 aliphatic rings. The van der Waals surface area contributed by atoms with Crippen LogP contribution in [0.1, 0.15) is 97.8 Å². The fourth-order valence-electron chi connectivity index (χ4n) is 7.32. The maximum atomic E-state index is 14.7. The highest BCUT2D eigenvalue weighted by molar-refractivity contribution is 7.90. The number of imide groups is 1. The average molecular weight is 665 g/mol. The van der Waals surface area contributed by atoms with Crippen LogP contribution >= 0.6 is 0 Å². The first-order valence-electron chi connectivity index (χ1n) is 17.0. The van der Waals surface area contributed by atoms with E-state index in [1.807, 2.05) is 19.2 Å². The van der Waals surface area contributed by atoms with E-state index in [1.165, 1.54) is 4.90 Å². The molecule has 2 saturated heterocycles. The number of nitrogens with two attached hydrogens (primary N) is 1. The van der Waals surface area contributed by atoms with Gasteiger partial charge < -0.3 is 25.6 Å². The predicted molar refractivity (Wildman–Crippen MR) is 172 cm³/mol. The molecule has 0 radical (unpaired) electrons. The van der Waals surface area contributed by atoms with Crippen molar-refractivity contribution in [1.82, 2.24) is 24.3 Å². The van der Waals surface area contributed by atoms with Crippen molar-refractivity contribution in [3.05, 3.63) is 12.2 Å². The summed E-state index contributed by atoms with van der Waals surface area (Å²) in [6.07, 6.45) is 10.1. The second-order valence-electron chi connectivity index (χ2n) is 14.8. The minimum atomic E-state index is -3.96. The number of ether oxygens (including phenoxy) is 1. The minimum Gasteiger partial charge on any atom is -0.443 e. The number of hydrogen-bond donors (Lipinski definition) is 2. The van der Waals surface area contributed by atoms with Crippen LogP contribution in [0.2, 0.25) is 0 Å². The molecule has 2 aliphatic carbocycles. The van der Waals surface area contributed by atoms with E-state index in [0.29, 0.717) is 30.6 Å². The molecule has 0 unspecified atom stereocenters. The number of nitrogens with zero attached hydrogens (tertiary/aromatic N) is 4. The second kappa shape index (κ2) is 13.4. The van der Waals surface area contributed by atoms with E-state index in [1.54, 1.807) is 25.1 Å². The van der Waals surface area contributed by atoms with Gasteiger partial charge in [0.2, 0.25) is 21.8 Å². The number of primary amides is 1. The third-order valence-corrected chi connectivity index (χ3v) is 12.6. The van der Waals surface area contributed by atoms with Crippen LogP contribution in [0, 0.1) is 5.92 Å². The molecule has 3 aliphatic heterocycles. The average Bonchev–Trinajstić information content (AvgIpc) is 3.87. The number of carbonyl (C=O) groups is 4. The normalized spacial score (nSPS) is 31.2. The largest absolute Gasteiger partial charge is 0.443 e. The van der Waals surface area contributed by atoms with Gasteiger partial charge in [0.05, 0.1) is 0 Å². The molecule has 0 spiro atoms. The Bertz CT molecular complexity index is 1320. The lowest BCUT2D eigenvalue weighted by Gasteiger charge is -2.39. The summed E-state index contributed by atoms with van der Waals surface area (Å²) in [5.74, 6) is -1.46. The number of sulfonamides is 1. The molecule has 0 bridgehead atoms. The number of hydrogen-bond acceptors (Lipinski definition) is 8. The number of carbonyl (C=O) groups excluding carboxylic acids is 4. The number of rotatable bonds is 5. The van der Waals surface area contributed by atoms with Crippen molar-refractivity contribution in [3.63, 3.8) is 0 Å². The van der Waals surface area contributed by atoms with Crippen molar-refractivity contribution in [2.24, 2.45) is 11.7 Å². The topological polar surface area (TPSA) is 163 Å². The van der Waals surface area contributed by atoms with Crippen LogP contribution in [0.3, 0.4) is 0 Å². The van der Waals surface area contributed by atoms with Gasteiger partial charge in [-0.2, -0.15) is 4.31 Å². The van der Waals surface area contributed by atoms with Crippen LogP contribution < -0.4 is 11.1 Å². The molecule has 13 nitrogen and oxygen atoms in total. The van der Waals surface area contributed by atoms with Crippen LogP contribution in [0.15, 0.2) is 12.2 Å². The molecule has 46 heavy (non-hydrogen) atoms. The Hall–Kier alpha value is -2.71. The fourth-order valence-corrected chi connectivity index (χ4v) is 9.99. The summed E-state index contributed by atoms with van der Waals surface area (Å²) >= 11 is 0. The highest BCUT2D eigenvalue weighted by Gasteiger charge is 2.68. The van der Waals surface area contributed by atoms with Crippen LogP contribution in [-0.2, 0) is 24.3 Å². The van der Waals surface area contributed by atoms with E-state index in [9.17, 15) is 27.6 Å². The van der Waals surface area contributed by atoms with Gasteiger partial charge in [0, 0.05) is 24.5 Å². The number of amides is 5. The van der Waals surface area contributed by atoms with Gasteiger partial charge in [0.25, 0.3) is 0 Å². The SMILES string of the molecule is CN1CCC(N(C2CC2)S(=O)(=O)[C@]23C[C@H]2/C=C\CCCCC[C@H](N(C(N)=O)C(=O)OC(C)(C)C)C(=O)N2CCC[C@H]2C(=O)N3)CC1. The number of fused-ring (bicyclic) bond motifs is 2. The lowest BCUT2D eigenvalue weighted by molar-refractivity contribution is -0.142. The molecular weight excluding hydrogens is 612 g/mol. The van der Waals surface area contributed by atoms with Crippen LogP contribution in [0.4, 0.5) is 9.59 Å². The van der Waals surface area contributed by atoms with Crippen LogP contribution in [0.5, 0.6) is 0 Å². The Morgan fingerprint density at radius 1 is 0.978 bits per heavy atom. The van der Waals surface area contributed by atoms with E-state index >= 15 is 0 Å². The summed E-state index contributed by atoms with van der Waals surface area (Å²) in [6, 6.07) is -3.45. The van der Waals surface area contributed by atoms with Gasteiger partial charge in [0.15, 0.2) is 4.87 Å². The number of nitrogens with one attached hydrogen (secondary N) is 1. The molecule has 4 fully saturated rings. The molecule has 258 valence electrons. The molecule has 2 saturated carbocycles. The summed E-state index contributed by atoms with van der Waals surface area (Å²) < 4.78 is 36.5. The third-order valence-electron chi connectivity index (χ3n) is 9.97. The first-order valence-corrected chi connectivity index (χ1v) is 18.4. The van der Waals surface area contributed by atoms with Crippen molar-refractivity contribution in [1.29, 1.82) is 0 Å². The van der Waals surface area contributed by atoms with Gasteiger partial charge in [-0.25, -0.2) is 22.9 Å².